The first-order valence-corrected chi connectivity index (χ1v) is 7.59. The highest BCUT2D eigenvalue weighted by Crippen LogP contribution is 2.24. The Morgan fingerprint density at radius 3 is 2.33 bits per heavy atom. The van der Waals surface area contributed by atoms with Crippen molar-refractivity contribution in [1.82, 2.24) is 0 Å². The van der Waals surface area contributed by atoms with Crippen LogP contribution in [0.3, 0.4) is 0 Å². The molecule has 0 aromatic heterocycles. The molecule has 0 heterocycles. The Labute approximate surface area is 115 Å². The summed E-state index contributed by atoms with van der Waals surface area (Å²) in [6, 6.07) is 6.59. The van der Waals surface area contributed by atoms with Gasteiger partial charge in [-0.2, -0.15) is 0 Å². The Balaban J connectivity index is 2.39. The molecule has 0 saturated carbocycles. The second kappa shape index (κ2) is 8.57. The number of aryl methyl sites for hydroxylation is 2. The molecule has 0 saturated heterocycles. The smallest absolute Gasteiger partial charge is 0.158 e. The van der Waals surface area contributed by atoms with Gasteiger partial charge in [0.25, 0.3) is 0 Å². The predicted octanol–water partition coefficient (Wildman–Crippen LogP) is 4.18. The molecule has 1 aromatic rings. The van der Waals surface area contributed by atoms with Gasteiger partial charge in [0.2, 0.25) is 0 Å². The quantitative estimate of drug-likeness (QED) is 0.520. The Kier molecular flexibility index (Phi) is 7.40. The molecule has 0 aliphatic carbocycles. The van der Waals surface area contributed by atoms with Crippen LogP contribution in [0.4, 0.5) is 0 Å². The van der Waals surface area contributed by atoms with Gasteiger partial charge in [-0.15, -0.1) is 11.8 Å². The van der Waals surface area contributed by atoms with Crippen molar-refractivity contribution < 1.29 is 9.47 Å². The molecule has 0 fully saturated rings. The van der Waals surface area contributed by atoms with E-state index in [9.17, 15) is 0 Å². The predicted molar refractivity (Wildman–Crippen MR) is 78.3 cm³/mol. The second-order valence-corrected chi connectivity index (χ2v) is 5.38. The lowest BCUT2D eigenvalue weighted by Crippen LogP contribution is -2.18. The number of hydrogen-bond acceptors (Lipinski definition) is 3. The van der Waals surface area contributed by atoms with Gasteiger partial charge in [-0.3, -0.25) is 0 Å². The largest absolute Gasteiger partial charge is 0.353 e. The average Bonchev–Trinajstić information content (AvgIpc) is 2.32. The highest BCUT2D eigenvalue weighted by atomic mass is 32.2. The summed E-state index contributed by atoms with van der Waals surface area (Å²) in [7, 11) is 0. The summed E-state index contributed by atoms with van der Waals surface area (Å²) in [6.07, 6.45) is 0.873. The Morgan fingerprint density at radius 1 is 1.11 bits per heavy atom. The minimum atomic E-state index is -0.0572. The summed E-state index contributed by atoms with van der Waals surface area (Å²) >= 11 is 1.88. The van der Waals surface area contributed by atoms with E-state index in [1.165, 1.54) is 16.0 Å². The van der Waals surface area contributed by atoms with Gasteiger partial charge in [0.1, 0.15) is 0 Å². The van der Waals surface area contributed by atoms with E-state index >= 15 is 0 Å². The van der Waals surface area contributed by atoms with Crippen LogP contribution >= 0.6 is 11.8 Å². The van der Waals surface area contributed by atoms with Gasteiger partial charge in [-0.05, 0) is 39.3 Å². The van der Waals surface area contributed by atoms with E-state index in [0.717, 1.165) is 12.2 Å². The van der Waals surface area contributed by atoms with Crippen molar-refractivity contribution in [2.24, 2.45) is 0 Å². The monoisotopic (exact) mass is 268 g/mol. The molecule has 0 bridgehead atoms. The normalized spacial score (nSPS) is 11.2. The fourth-order valence-corrected chi connectivity index (χ4v) is 2.79. The SMILES string of the molecule is CCOC(CCSc1ccc(C)cc1C)OCC. The molecule has 102 valence electrons. The van der Waals surface area contributed by atoms with Crippen LogP contribution in [0.1, 0.15) is 31.4 Å². The molecule has 18 heavy (non-hydrogen) atoms. The molecule has 0 N–H and O–H groups in total. The highest BCUT2D eigenvalue weighted by Gasteiger charge is 2.08. The Morgan fingerprint density at radius 2 is 1.78 bits per heavy atom. The topological polar surface area (TPSA) is 18.5 Å². The third-order valence-electron chi connectivity index (χ3n) is 2.65. The van der Waals surface area contributed by atoms with Crippen LogP contribution in [0, 0.1) is 13.8 Å². The van der Waals surface area contributed by atoms with E-state index in [1.807, 2.05) is 25.6 Å². The highest BCUT2D eigenvalue weighted by molar-refractivity contribution is 7.99. The van der Waals surface area contributed by atoms with E-state index in [0.29, 0.717) is 13.2 Å². The zero-order valence-corrected chi connectivity index (χ0v) is 12.7. The summed E-state index contributed by atoms with van der Waals surface area (Å²) in [6.45, 7) is 9.71. The van der Waals surface area contributed by atoms with Gasteiger partial charge in [0, 0.05) is 30.3 Å². The van der Waals surface area contributed by atoms with E-state index < -0.39 is 0 Å². The van der Waals surface area contributed by atoms with Crippen LogP contribution in [0.5, 0.6) is 0 Å². The summed E-state index contributed by atoms with van der Waals surface area (Å²) in [5.41, 5.74) is 2.67. The van der Waals surface area contributed by atoms with Crippen molar-refractivity contribution in [3.63, 3.8) is 0 Å². The van der Waals surface area contributed by atoms with Crippen molar-refractivity contribution in [1.29, 1.82) is 0 Å². The van der Waals surface area contributed by atoms with Gasteiger partial charge < -0.3 is 9.47 Å². The lowest BCUT2D eigenvalue weighted by molar-refractivity contribution is -0.136. The fourth-order valence-electron chi connectivity index (χ4n) is 1.81. The third-order valence-corrected chi connectivity index (χ3v) is 3.86. The first kappa shape index (κ1) is 15.5. The molecule has 0 radical (unpaired) electrons. The molecule has 0 aliphatic rings. The number of thioether (sulfide) groups is 1. The average molecular weight is 268 g/mol. The molecular formula is C15H24O2S. The summed E-state index contributed by atoms with van der Waals surface area (Å²) < 4.78 is 11.1. The zero-order valence-electron chi connectivity index (χ0n) is 11.9. The molecule has 3 heteroatoms. The fraction of sp³-hybridized carbons (Fsp3) is 0.600. The maximum absolute atomic E-state index is 5.53. The lowest BCUT2D eigenvalue weighted by Gasteiger charge is -2.16. The van der Waals surface area contributed by atoms with Crippen molar-refractivity contribution >= 4 is 11.8 Å². The van der Waals surface area contributed by atoms with E-state index in [-0.39, 0.29) is 6.29 Å². The molecule has 0 atom stereocenters. The minimum Gasteiger partial charge on any atom is -0.353 e. The van der Waals surface area contributed by atoms with E-state index in [1.54, 1.807) is 0 Å². The van der Waals surface area contributed by atoms with Crippen LogP contribution in [0.25, 0.3) is 0 Å². The number of ether oxygens (including phenoxy) is 2. The molecule has 0 unspecified atom stereocenters. The molecule has 1 aromatic carbocycles. The van der Waals surface area contributed by atoms with Gasteiger partial charge in [-0.25, -0.2) is 0 Å². The third kappa shape index (κ3) is 5.42. The van der Waals surface area contributed by atoms with E-state index in [2.05, 4.69) is 32.0 Å². The van der Waals surface area contributed by atoms with Crippen molar-refractivity contribution in [3.05, 3.63) is 29.3 Å². The molecule has 0 amide bonds. The maximum atomic E-state index is 5.53. The molecule has 2 nitrogen and oxygen atoms in total. The number of benzene rings is 1. The number of rotatable bonds is 8. The first-order valence-electron chi connectivity index (χ1n) is 6.60. The standard InChI is InChI=1S/C15H24O2S/c1-5-16-15(17-6-2)9-10-18-14-8-7-12(3)11-13(14)4/h7-8,11,15H,5-6,9-10H2,1-4H3. The van der Waals surface area contributed by atoms with Crippen LogP contribution in [0.15, 0.2) is 23.1 Å². The molecule has 0 spiro atoms. The summed E-state index contributed by atoms with van der Waals surface area (Å²) in [5.74, 6) is 1.02. The zero-order chi connectivity index (χ0) is 13.4. The maximum Gasteiger partial charge on any atom is 0.158 e. The van der Waals surface area contributed by atoms with Gasteiger partial charge in [0.15, 0.2) is 6.29 Å². The van der Waals surface area contributed by atoms with Gasteiger partial charge >= 0.3 is 0 Å². The van der Waals surface area contributed by atoms with Crippen LogP contribution in [-0.4, -0.2) is 25.3 Å². The summed E-state index contributed by atoms with van der Waals surface area (Å²) in [4.78, 5) is 1.35. The van der Waals surface area contributed by atoms with Crippen molar-refractivity contribution in [2.75, 3.05) is 19.0 Å². The van der Waals surface area contributed by atoms with Crippen LogP contribution < -0.4 is 0 Å². The van der Waals surface area contributed by atoms with Gasteiger partial charge in [-0.1, -0.05) is 17.7 Å². The minimum absolute atomic E-state index is 0.0572. The van der Waals surface area contributed by atoms with Gasteiger partial charge in [0.05, 0.1) is 0 Å². The Bertz CT molecular complexity index is 346. The van der Waals surface area contributed by atoms with Crippen LogP contribution in [0.2, 0.25) is 0 Å². The Hall–Kier alpha value is -0.510. The lowest BCUT2D eigenvalue weighted by atomic mass is 10.2. The second-order valence-electron chi connectivity index (χ2n) is 4.25. The molecule has 0 aliphatic heterocycles. The van der Waals surface area contributed by atoms with Crippen molar-refractivity contribution in [2.45, 2.75) is 45.3 Å². The van der Waals surface area contributed by atoms with Crippen LogP contribution in [-0.2, 0) is 9.47 Å². The molecule has 1 rings (SSSR count). The van der Waals surface area contributed by atoms with Crippen molar-refractivity contribution in [3.8, 4) is 0 Å². The van der Waals surface area contributed by atoms with E-state index in [4.69, 9.17) is 9.47 Å². The summed E-state index contributed by atoms with van der Waals surface area (Å²) in [5, 5.41) is 0. The first-order chi connectivity index (χ1) is 8.67. The molecular weight excluding hydrogens is 244 g/mol. The number of hydrogen-bond donors (Lipinski definition) is 0.